The average Bonchev–Trinajstić information content (AvgIpc) is 2.83. The van der Waals surface area contributed by atoms with Crippen LogP contribution >= 0.6 is 0 Å². The summed E-state index contributed by atoms with van der Waals surface area (Å²) in [7, 11) is 0. The predicted octanol–water partition coefficient (Wildman–Crippen LogP) is 4.66. The minimum absolute atomic E-state index is 0.261. The van der Waals surface area contributed by atoms with Gasteiger partial charge in [-0.3, -0.25) is 0 Å². The smallest absolute Gasteiger partial charge is 0.232 e. The third-order valence-corrected chi connectivity index (χ3v) is 5.92. The summed E-state index contributed by atoms with van der Waals surface area (Å²) in [6.45, 7) is 5.86. The molecule has 7 heteroatoms. The summed E-state index contributed by atoms with van der Waals surface area (Å²) in [5, 5.41) is 25.2. The Morgan fingerprint density at radius 1 is 1.09 bits per heavy atom. The molecule has 0 radical (unpaired) electrons. The summed E-state index contributed by atoms with van der Waals surface area (Å²) in [5.74, 6) is 1.33. The first-order valence-electron chi connectivity index (χ1n) is 11.2. The molecule has 1 aliphatic rings. The molecular formula is C26H27N7. The lowest BCUT2D eigenvalue weighted by Crippen LogP contribution is -2.41. The number of aromatic nitrogens is 2. The van der Waals surface area contributed by atoms with Crippen molar-refractivity contribution in [3.8, 4) is 12.1 Å². The van der Waals surface area contributed by atoms with Gasteiger partial charge in [-0.1, -0.05) is 12.1 Å². The zero-order chi connectivity index (χ0) is 23.2. The number of anilines is 4. The van der Waals surface area contributed by atoms with Crippen LogP contribution in [-0.4, -0.2) is 29.1 Å². The number of benzene rings is 2. The van der Waals surface area contributed by atoms with Crippen molar-refractivity contribution >= 4 is 23.1 Å². The molecule has 0 bridgehead atoms. The Morgan fingerprint density at radius 2 is 1.85 bits per heavy atom. The van der Waals surface area contributed by atoms with Gasteiger partial charge in [-0.05, 0) is 86.8 Å². The molecule has 0 amide bonds. The van der Waals surface area contributed by atoms with Crippen LogP contribution in [0.5, 0.6) is 0 Å². The van der Waals surface area contributed by atoms with E-state index in [0.29, 0.717) is 23.8 Å². The molecule has 4 rings (SSSR count). The number of hydrogen-bond donors (Lipinski definition) is 2. The van der Waals surface area contributed by atoms with Crippen molar-refractivity contribution in [2.24, 2.45) is 0 Å². The highest BCUT2D eigenvalue weighted by Gasteiger charge is 2.25. The van der Waals surface area contributed by atoms with Crippen molar-refractivity contribution in [1.82, 2.24) is 15.3 Å². The summed E-state index contributed by atoms with van der Waals surface area (Å²) in [6, 6.07) is 18.4. The van der Waals surface area contributed by atoms with E-state index in [0.717, 1.165) is 54.0 Å². The second kappa shape index (κ2) is 10.1. The summed E-state index contributed by atoms with van der Waals surface area (Å²) in [5.41, 5.74) is 5.55. The van der Waals surface area contributed by atoms with Gasteiger partial charge in [-0.2, -0.15) is 15.5 Å². The van der Waals surface area contributed by atoms with E-state index < -0.39 is 0 Å². The minimum atomic E-state index is 0.261. The van der Waals surface area contributed by atoms with Crippen LogP contribution in [0, 0.1) is 36.5 Å². The van der Waals surface area contributed by atoms with Crippen LogP contribution in [0.25, 0.3) is 0 Å². The minimum Gasteiger partial charge on any atom is -0.340 e. The molecule has 3 aromatic rings. The Bertz CT molecular complexity index is 1190. The molecule has 2 aromatic carbocycles. The number of rotatable bonds is 6. The topological polar surface area (TPSA) is 101 Å². The zero-order valence-electron chi connectivity index (χ0n) is 19.0. The van der Waals surface area contributed by atoms with Crippen LogP contribution in [0.3, 0.4) is 0 Å². The molecule has 0 spiro atoms. The second-order valence-corrected chi connectivity index (χ2v) is 8.32. The van der Waals surface area contributed by atoms with Gasteiger partial charge >= 0.3 is 0 Å². The highest BCUT2D eigenvalue weighted by Crippen LogP contribution is 2.31. The normalized spacial score (nSPS) is 13.7. The quantitative estimate of drug-likeness (QED) is 0.578. The SMILES string of the molecule is Cc1cc(C#N)cc(C)c1Nc1ccnc(N(c2cccc(CC#N)c2)C2CCNCC2)n1. The monoisotopic (exact) mass is 437 g/mol. The Labute approximate surface area is 194 Å². The molecule has 2 N–H and O–H groups in total. The van der Waals surface area contributed by atoms with Crippen molar-refractivity contribution in [3.05, 3.63) is 70.9 Å². The Balaban J connectivity index is 1.71. The molecule has 0 aliphatic carbocycles. The third kappa shape index (κ3) is 5.11. The van der Waals surface area contributed by atoms with E-state index in [1.807, 2.05) is 44.2 Å². The van der Waals surface area contributed by atoms with Gasteiger partial charge in [0.1, 0.15) is 5.82 Å². The maximum absolute atomic E-state index is 9.23. The van der Waals surface area contributed by atoms with Gasteiger partial charge in [0.2, 0.25) is 5.95 Å². The molecule has 166 valence electrons. The number of hydrogen-bond acceptors (Lipinski definition) is 7. The number of aryl methyl sites for hydroxylation is 2. The van der Waals surface area contributed by atoms with Crippen LogP contribution in [0.1, 0.15) is 35.1 Å². The van der Waals surface area contributed by atoms with E-state index in [-0.39, 0.29) is 6.04 Å². The third-order valence-electron chi connectivity index (χ3n) is 5.92. The fourth-order valence-corrected chi connectivity index (χ4v) is 4.35. The Kier molecular flexibility index (Phi) is 6.83. The molecule has 0 unspecified atom stereocenters. The van der Waals surface area contributed by atoms with Crippen molar-refractivity contribution in [1.29, 1.82) is 10.5 Å². The van der Waals surface area contributed by atoms with E-state index in [4.69, 9.17) is 10.2 Å². The van der Waals surface area contributed by atoms with Crippen LogP contribution < -0.4 is 15.5 Å². The van der Waals surface area contributed by atoms with Crippen molar-refractivity contribution in [2.45, 2.75) is 39.2 Å². The van der Waals surface area contributed by atoms with Gasteiger partial charge in [0.15, 0.2) is 0 Å². The molecular weight excluding hydrogens is 410 g/mol. The van der Waals surface area contributed by atoms with Gasteiger partial charge in [-0.15, -0.1) is 0 Å². The number of nitriles is 2. The fraction of sp³-hybridized carbons (Fsp3) is 0.308. The maximum Gasteiger partial charge on any atom is 0.232 e. The van der Waals surface area contributed by atoms with E-state index >= 15 is 0 Å². The van der Waals surface area contributed by atoms with Crippen molar-refractivity contribution in [3.63, 3.8) is 0 Å². The first kappa shape index (κ1) is 22.3. The lowest BCUT2D eigenvalue weighted by Gasteiger charge is -2.35. The average molecular weight is 438 g/mol. The molecule has 0 saturated carbocycles. The van der Waals surface area contributed by atoms with Crippen molar-refractivity contribution < 1.29 is 0 Å². The summed E-state index contributed by atoms with van der Waals surface area (Å²) >= 11 is 0. The number of piperidine rings is 1. The summed E-state index contributed by atoms with van der Waals surface area (Å²) < 4.78 is 0. The number of nitrogens with zero attached hydrogens (tertiary/aromatic N) is 5. The van der Waals surface area contributed by atoms with Gasteiger partial charge in [0.05, 0.1) is 24.1 Å². The van der Waals surface area contributed by atoms with Crippen LogP contribution in [-0.2, 0) is 6.42 Å². The van der Waals surface area contributed by atoms with E-state index in [2.05, 4.69) is 44.8 Å². The molecule has 7 nitrogen and oxygen atoms in total. The van der Waals surface area contributed by atoms with Crippen molar-refractivity contribution in [2.75, 3.05) is 23.3 Å². The van der Waals surface area contributed by atoms with E-state index in [9.17, 15) is 5.26 Å². The lowest BCUT2D eigenvalue weighted by atomic mass is 10.0. The lowest BCUT2D eigenvalue weighted by molar-refractivity contribution is 0.449. The van der Waals surface area contributed by atoms with Crippen LogP contribution in [0.2, 0.25) is 0 Å². The molecule has 33 heavy (non-hydrogen) atoms. The molecule has 2 heterocycles. The fourth-order valence-electron chi connectivity index (χ4n) is 4.35. The first-order chi connectivity index (χ1) is 16.1. The number of nitrogens with one attached hydrogen (secondary N) is 2. The van der Waals surface area contributed by atoms with Gasteiger partial charge in [-0.25, -0.2) is 4.98 Å². The van der Waals surface area contributed by atoms with Gasteiger partial charge in [0.25, 0.3) is 0 Å². The second-order valence-electron chi connectivity index (χ2n) is 8.32. The first-order valence-corrected chi connectivity index (χ1v) is 11.2. The maximum atomic E-state index is 9.23. The van der Waals surface area contributed by atoms with E-state index in [1.165, 1.54) is 0 Å². The standard InChI is InChI=1S/C26H27N7/c1-18-14-21(17-28)15-19(2)25(18)31-24-9-13-30-26(32-24)33(22-7-11-29-12-8-22)23-5-3-4-20(16-23)6-10-27/h3-5,9,13-16,22,29H,6-8,11-12H2,1-2H3,(H,30,31,32). The van der Waals surface area contributed by atoms with Crippen LogP contribution in [0.15, 0.2) is 48.7 Å². The summed E-state index contributed by atoms with van der Waals surface area (Å²) in [6.07, 6.45) is 4.11. The zero-order valence-corrected chi connectivity index (χ0v) is 19.0. The van der Waals surface area contributed by atoms with Crippen LogP contribution in [0.4, 0.5) is 23.1 Å². The predicted molar refractivity (Wildman–Crippen MR) is 130 cm³/mol. The summed E-state index contributed by atoms with van der Waals surface area (Å²) in [4.78, 5) is 11.7. The highest BCUT2D eigenvalue weighted by atomic mass is 15.3. The molecule has 0 atom stereocenters. The van der Waals surface area contributed by atoms with E-state index in [1.54, 1.807) is 6.20 Å². The molecule has 1 aliphatic heterocycles. The highest BCUT2D eigenvalue weighted by molar-refractivity contribution is 5.68. The van der Waals surface area contributed by atoms with Gasteiger partial charge in [0, 0.05) is 23.6 Å². The Hall–Kier alpha value is -3.94. The molecule has 1 aromatic heterocycles. The van der Waals surface area contributed by atoms with Gasteiger partial charge < -0.3 is 15.5 Å². The molecule has 1 saturated heterocycles. The molecule has 1 fully saturated rings. The largest absolute Gasteiger partial charge is 0.340 e. The Morgan fingerprint density at radius 3 is 2.55 bits per heavy atom.